The van der Waals surface area contributed by atoms with Crippen LogP contribution in [-0.4, -0.2) is 72.1 Å². The van der Waals surface area contributed by atoms with E-state index in [0.717, 1.165) is 23.3 Å². The van der Waals surface area contributed by atoms with E-state index in [-0.39, 0.29) is 18.8 Å². The lowest BCUT2D eigenvalue weighted by atomic mass is 10.2. The Bertz CT molecular complexity index is 1150. The van der Waals surface area contributed by atoms with Crippen molar-refractivity contribution in [2.45, 2.75) is 39.5 Å². The zero-order valence-electron chi connectivity index (χ0n) is 20.4. The molecule has 0 spiro atoms. The van der Waals surface area contributed by atoms with Gasteiger partial charge in [-0.25, -0.2) is 9.78 Å². The number of fused-ring (bicyclic) bond motifs is 1. The Morgan fingerprint density at radius 1 is 1.29 bits per heavy atom. The number of benzene rings is 1. The largest absolute Gasteiger partial charge is 0.462 e. The number of esters is 1. The monoisotopic (exact) mass is 503 g/mol. The van der Waals surface area contributed by atoms with E-state index in [2.05, 4.69) is 9.97 Å². The molecule has 0 unspecified atom stereocenters. The van der Waals surface area contributed by atoms with Crippen LogP contribution in [0.15, 0.2) is 35.1 Å². The molecular weight excluding hydrogens is 470 g/mol. The van der Waals surface area contributed by atoms with Crippen molar-refractivity contribution in [3.63, 3.8) is 0 Å². The average molecular weight is 504 g/mol. The van der Waals surface area contributed by atoms with Crippen LogP contribution in [-0.2, 0) is 27.4 Å². The van der Waals surface area contributed by atoms with Gasteiger partial charge in [0, 0.05) is 26.8 Å². The number of hydrogen-bond donors (Lipinski definition) is 2. The molecule has 0 radical (unpaired) electrons. The molecule has 0 aliphatic carbocycles. The number of aromatic amines is 1. The van der Waals surface area contributed by atoms with Crippen molar-refractivity contribution in [3.8, 4) is 0 Å². The number of hydrogen-bond acceptors (Lipinski definition) is 9. The molecule has 2 aromatic heterocycles. The van der Waals surface area contributed by atoms with Gasteiger partial charge in [0.2, 0.25) is 0 Å². The van der Waals surface area contributed by atoms with Gasteiger partial charge < -0.3 is 24.3 Å². The number of H-pyrrole nitrogens is 1. The Balaban J connectivity index is 1.69. The van der Waals surface area contributed by atoms with Gasteiger partial charge in [0.1, 0.15) is 15.5 Å². The van der Waals surface area contributed by atoms with Crippen LogP contribution in [0.2, 0.25) is 0 Å². The topological polar surface area (TPSA) is 114 Å². The van der Waals surface area contributed by atoms with Crippen molar-refractivity contribution in [1.82, 2.24) is 14.9 Å². The number of ether oxygens (including phenoxy) is 3. The van der Waals surface area contributed by atoms with Crippen LogP contribution in [0.3, 0.4) is 0 Å². The number of nitrogens with zero attached hydrogens (tertiary/aromatic N) is 2. The maximum absolute atomic E-state index is 12.8. The molecule has 35 heavy (non-hydrogen) atoms. The lowest BCUT2D eigenvalue weighted by molar-refractivity contribution is 0.00700. The van der Waals surface area contributed by atoms with Crippen LogP contribution in [0.5, 0.6) is 0 Å². The summed E-state index contributed by atoms with van der Waals surface area (Å²) in [5.74, 6) is 0.0164. The number of nitrogens with one attached hydrogen (secondary N) is 1. The fourth-order valence-electron chi connectivity index (χ4n) is 3.77. The van der Waals surface area contributed by atoms with Crippen LogP contribution in [0.25, 0.3) is 10.2 Å². The molecule has 0 amide bonds. The van der Waals surface area contributed by atoms with E-state index in [0.29, 0.717) is 59.3 Å². The SMILES string of the molecule is CCOC(=O)c1sc2nc(CN(CCCOC)C[C@H](O)COCc3ccccc3)[nH]c(=O)c2c1C. The molecule has 0 saturated heterocycles. The van der Waals surface area contributed by atoms with Crippen molar-refractivity contribution in [1.29, 1.82) is 0 Å². The lowest BCUT2D eigenvalue weighted by Gasteiger charge is -2.24. The van der Waals surface area contributed by atoms with Gasteiger partial charge in [-0.2, -0.15) is 0 Å². The third-order valence-electron chi connectivity index (χ3n) is 5.40. The van der Waals surface area contributed by atoms with Gasteiger partial charge in [-0.15, -0.1) is 11.3 Å². The van der Waals surface area contributed by atoms with Crippen molar-refractivity contribution in [2.75, 3.05) is 40.0 Å². The number of aryl methyl sites for hydroxylation is 1. The molecule has 0 bridgehead atoms. The summed E-state index contributed by atoms with van der Waals surface area (Å²) in [4.78, 5) is 35.4. The maximum Gasteiger partial charge on any atom is 0.348 e. The summed E-state index contributed by atoms with van der Waals surface area (Å²) in [6.07, 6.45) is 0.0437. The number of aliphatic hydroxyl groups is 1. The highest BCUT2D eigenvalue weighted by Crippen LogP contribution is 2.27. The van der Waals surface area contributed by atoms with Gasteiger partial charge in [0.15, 0.2) is 0 Å². The first kappa shape index (κ1) is 27.0. The fourth-order valence-corrected chi connectivity index (χ4v) is 4.87. The number of thiophene rings is 1. The van der Waals surface area contributed by atoms with E-state index in [1.54, 1.807) is 21.0 Å². The van der Waals surface area contributed by atoms with Crippen molar-refractivity contribution >= 4 is 27.5 Å². The van der Waals surface area contributed by atoms with E-state index in [4.69, 9.17) is 14.2 Å². The Kier molecular flexibility index (Phi) is 10.4. The third-order valence-corrected chi connectivity index (χ3v) is 6.56. The second-order valence-electron chi connectivity index (χ2n) is 8.21. The summed E-state index contributed by atoms with van der Waals surface area (Å²) in [7, 11) is 1.64. The first-order chi connectivity index (χ1) is 16.9. The third kappa shape index (κ3) is 7.68. The second kappa shape index (κ2) is 13.5. The summed E-state index contributed by atoms with van der Waals surface area (Å²) < 4.78 is 15.9. The van der Waals surface area contributed by atoms with E-state index >= 15 is 0 Å². The molecular formula is C25H33N3O6S. The van der Waals surface area contributed by atoms with Crippen LogP contribution < -0.4 is 5.56 Å². The smallest absolute Gasteiger partial charge is 0.348 e. The molecule has 0 aliphatic rings. The van der Waals surface area contributed by atoms with Crippen molar-refractivity contribution in [3.05, 3.63) is 62.5 Å². The minimum Gasteiger partial charge on any atom is -0.462 e. The molecule has 190 valence electrons. The Labute approximate surface area is 208 Å². The summed E-state index contributed by atoms with van der Waals surface area (Å²) in [6.45, 7) is 6.23. The summed E-state index contributed by atoms with van der Waals surface area (Å²) in [5, 5.41) is 11.0. The van der Waals surface area contributed by atoms with Gasteiger partial charge in [-0.1, -0.05) is 30.3 Å². The average Bonchev–Trinajstić information content (AvgIpc) is 3.16. The van der Waals surface area contributed by atoms with Crippen molar-refractivity contribution < 1.29 is 24.1 Å². The molecule has 2 N–H and O–H groups in total. The van der Waals surface area contributed by atoms with Crippen LogP contribution >= 0.6 is 11.3 Å². The van der Waals surface area contributed by atoms with Gasteiger partial charge in [0.25, 0.3) is 5.56 Å². The standard InChI is InChI=1S/C25H33N3O6S/c1-4-34-25(31)22-17(2)21-23(30)26-20(27-24(21)35-22)14-28(11-8-12-32-3)13-19(29)16-33-15-18-9-6-5-7-10-18/h5-7,9-10,19,29H,4,8,11-16H2,1-3H3,(H,26,27,30)/t19-/m0/s1. The predicted octanol–water partition coefficient (Wildman–Crippen LogP) is 2.89. The predicted molar refractivity (Wildman–Crippen MR) is 135 cm³/mol. The van der Waals surface area contributed by atoms with E-state index in [9.17, 15) is 14.7 Å². The number of aromatic nitrogens is 2. The Hall–Kier alpha value is -2.63. The first-order valence-electron chi connectivity index (χ1n) is 11.6. The summed E-state index contributed by atoms with van der Waals surface area (Å²) in [5.41, 5.74) is 1.32. The first-order valence-corrected chi connectivity index (χ1v) is 12.4. The molecule has 0 saturated carbocycles. The van der Waals surface area contributed by atoms with E-state index < -0.39 is 12.1 Å². The van der Waals surface area contributed by atoms with Gasteiger partial charge >= 0.3 is 5.97 Å². The van der Waals surface area contributed by atoms with Gasteiger partial charge in [0.05, 0.1) is 37.9 Å². The number of rotatable bonds is 14. The minimum atomic E-state index is -0.712. The number of carbonyl (C=O) groups excluding carboxylic acids is 1. The summed E-state index contributed by atoms with van der Waals surface area (Å²) in [6, 6.07) is 9.79. The van der Waals surface area contributed by atoms with E-state index in [1.807, 2.05) is 35.2 Å². The zero-order valence-corrected chi connectivity index (χ0v) is 21.2. The normalized spacial score (nSPS) is 12.4. The molecule has 0 fully saturated rings. The Morgan fingerprint density at radius 2 is 2.06 bits per heavy atom. The van der Waals surface area contributed by atoms with Crippen LogP contribution in [0.1, 0.15) is 40.0 Å². The van der Waals surface area contributed by atoms with Gasteiger partial charge in [-0.05, 0) is 31.4 Å². The van der Waals surface area contributed by atoms with Gasteiger partial charge in [-0.3, -0.25) is 9.69 Å². The molecule has 1 atom stereocenters. The maximum atomic E-state index is 12.8. The highest BCUT2D eigenvalue weighted by Gasteiger charge is 2.21. The van der Waals surface area contributed by atoms with Crippen LogP contribution in [0.4, 0.5) is 0 Å². The summed E-state index contributed by atoms with van der Waals surface area (Å²) >= 11 is 1.16. The molecule has 3 aromatic rings. The molecule has 1 aromatic carbocycles. The highest BCUT2D eigenvalue weighted by molar-refractivity contribution is 7.20. The molecule has 2 heterocycles. The molecule has 9 nitrogen and oxygen atoms in total. The lowest BCUT2D eigenvalue weighted by Crippen LogP contribution is -2.36. The quantitative estimate of drug-likeness (QED) is 0.255. The van der Waals surface area contributed by atoms with Crippen LogP contribution in [0, 0.1) is 6.92 Å². The Morgan fingerprint density at radius 3 is 2.77 bits per heavy atom. The molecule has 3 rings (SSSR count). The zero-order chi connectivity index (χ0) is 25.2. The minimum absolute atomic E-state index is 0.186. The van der Waals surface area contributed by atoms with E-state index in [1.165, 1.54) is 0 Å². The fraction of sp³-hybridized carbons (Fsp3) is 0.480. The van der Waals surface area contributed by atoms with Crippen molar-refractivity contribution in [2.24, 2.45) is 0 Å². The number of carbonyl (C=O) groups is 1. The highest BCUT2D eigenvalue weighted by atomic mass is 32.1. The molecule has 0 aliphatic heterocycles. The number of aliphatic hydroxyl groups excluding tert-OH is 1. The second-order valence-corrected chi connectivity index (χ2v) is 9.20. The molecule has 10 heteroatoms. The number of methoxy groups -OCH3 is 1.